The lowest BCUT2D eigenvalue weighted by molar-refractivity contribution is 0.0515. The highest BCUT2D eigenvalue weighted by Crippen LogP contribution is 2.34. The van der Waals surface area contributed by atoms with Crippen LogP contribution in [0.15, 0.2) is 42.5 Å². The summed E-state index contributed by atoms with van der Waals surface area (Å²) in [5.41, 5.74) is 4.86. The Bertz CT molecular complexity index is 512. The summed E-state index contributed by atoms with van der Waals surface area (Å²) in [6.45, 7) is 4.51. The second-order valence-electron chi connectivity index (χ2n) is 4.31. The van der Waals surface area contributed by atoms with E-state index in [4.69, 9.17) is 9.47 Å². The van der Waals surface area contributed by atoms with E-state index in [2.05, 4.69) is 38.1 Å². The largest absolute Gasteiger partial charge is 0.467 e. The summed E-state index contributed by atoms with van der Waals surface area (Å²) in [7, 11) is 1.63. The fourth-order valence-electron chi connectivity index (χ4n) is 2.16. The number of rotatable bonds is 4. The van der Waals surface area contributed by atoms with Crippen molar-refractivity contribution in [2.45, 2.75) is 13.8 Å². The third-order valence-corrected chi connectivity index (χ3v) is 2.97. The molecule has 0 aliphatic heterocycles. The van der Waals surface area contributed by atoms with Crippen molar-refractivity contribution in [1.82, 2.24) is 0 Å². The van der Waals surface area contributed by atoms with Gasteiger partial charge in [0.2, 0.25) is 0 Å². The highest BCUT2D eigenvalue weighted by molar-refractivity contribution is 5.75. The van der Waals surface area contributed by atoms with Crippen LogP contribution in [-0.4, -0.2) is 13.9 Å². The lowest BCUT2D eigenvalue weighted by Gasteiger charge is -2.14. The van der Waals surface area contributed by atoms with Crippen LogP contribution in [0.4, 0.5) is 0 Å². The molecule has 0 aliphatic rings. The predicted molar refractivity (Wildman–Crippen MR) is 73.9 cm³/mol. The third-order valence-electron chi connectivity index (χ3n) is 2.97. The van der Waals surface area contributed by atoms with Crippen molar-refractivity contribution < 1.29 is 9.47 Å². The van der Waals surface area contributed by atoms with Crippen LogP contribution in [0.5, 0.6) is 5.75 Å². The standard InChI is InChI=1S/C16H18O2/c1-12-7-6-8-13(2)16(12)14-9-4-5-10-15(14)18-11-17-3/h4-10H,11H2,1-3H3. The Morgan fingerprint density at radius 2 is 1.56 bits per heavy atom. The average Bonchev–Trinajstić information content (AvgIpc) is 2.37. The Labute approximate surface area is 108 Å². The lowest BCUT2D eigenvalue weighted by Crippen LogP contribution is -2.01. The zero-order chi connectivity index (χ0) is 13.0. The second-order valence-corrected chi connectivity index (χ2v) is 4.31. The van der Waals surface area contributed by atoms with E-state index in [1.807, 2.05) is 18.2 Å². The molecule has 0 spiro atoms. The summed E-state index contributed by atoms with van der Waals surface area (Å²) >= 11 is 0. The van der Waals surface area contributed by atoms with E-state index >= 15 is 0 Å². The molecule has 0 aromatic heterocycles. The van der Waals surface area contributed by atoms with Crippen LogP contribution in [0.2, 0.25) is 0 Å². The second kappa shape index (κ2) is 5.69. The molecule has 18 heavy (non-hydrogen) atoms. The van der Waals surface area contributed by atoms with Gasteiger partial charge < -0.3 is 9.47 Å². The molecular formula is C16H18O2. The van der Waals surface area contributed by atoms with Crippen LogP contribution >= 0.6 is 0 Å². The summed E-state index contributed by atoms with van der Waals surface area (Å²) in [5, 5.41) is 0. The van der Waals surface area contributed by atoms with Gasteiger partial charge in [0.05, 0.1) is 0 Å². The SMILES string of the molecule is COCOc1ccccc1-c1c(C)cccc1C. The van der Waals surface area contributed by atoms with Crippen molar-refractivity contribution in [1.29, 1.82) is 0 Å². The first kappa shape index (κ1) is 12.7. The fourth-order valence-corrected chi connectivity index (χ4v) is 2.16. The predicted octanol–water partition coefficient (Wildman–Crippen LogP) is 3.95. The van der Waals surface area contributed by atoms with Crippen molar-refractivity contribution in [3.63, 3.8) is 0 Å². The molecule has 2 aromatic rings. The van der Waals surface area contributed by atoms with Crippen molar-refractivity contribution in [3.8, 4) is 16.9 Å². The zero-order valence-electron chi connectivity index (χ0n) is 11.1. The first-order valence-corrected chi connectivity index (χ1v) is 6.01. The van der Waals surface area contributed by atoms with E-state index in [0.29, 0.717) is 0 Å². The molecule has 0 saturated heterocycles. The van der Waals surface area contributed by atoms with Gasteiger partial charge in [-0.15, -0.1) is 0 Å². The maximum absolute atomic E-state index is 5.63. The molecule has 2 aromatic carbocycles. The number of para-hydroxylation sites is 1. The van der Waals surface area contributed by atoms with E-state index in [-0.39, 0.29) is 6.79 Å². The van der Waals surface area contributed by atoms with Crippen LogP contribution in [0.1, 0.15) is 11.1 Å². The van der Waals surface area contributed by atoms with Crippen molar-refractivity contribution in [3.05, 3.63) is 53.6 Å². The normalized spacial score (nSPS) is 10.4. The molecule has 0 N–H and O–H groups in total. The molecule has 0 heterocycles. The molecule has 0 bridgehead atoms. The highest BCUT2D eigenvalue weighted by Gasteiger charge is 2.10. The van der Waals surface area contributed by atoms with Gasteiger partial charge in [-0.3, -0.25) is 0 Å². The number of methoxy groups -OCH3 is 1. The van der Waals surface area contributed by atoms with Crippen LogP contribution in [-0.2, 0) is 4.74 Å². The fraction of sp³-hybridized carbons (Fsp3) is 0.250. The van der Waals surface area contributed by atoms with E-state index in [1.165, 1.54) is 16.7 Å². The van der Waals surface area contributed by atoms with Crippen LogP contribution in [0, 0.1) is 13.8 Å². The average molecular weight is 242 g/mol. The summed E-state index contributed by atoms with van der Waals surface area (Å²) in [5.74, 6) is 0.858. The minimum absolute atomic E-state index is 0.266. The Morgan fingerprint density at radius 3 is 2.22 bits per heavy atom. The lowest BCUT2D eigenvalue weighted by atomic mass is 9.95. The highest BCUT2D eigenvalue weighted by atomic mass is 16.7. The van der Waals surface area contributed by atoms with Gasteiger partial charge in [0.25, 0.3) is 0 Å². The zero-order valence-corrected chi connectivity index (χ0v) is 11.1. The summed E-state index contributed by atoms with van der Waals surface area (Å²) < 4.78 is 10.6. The molecule has 0 radical (unpaired) electrons. The number of hydrogen-bond acceptors (Lipinski definition) is 2. The van der Waals surface area contributed by atoms with Gasteiger partial charge in [-0.05, 0) is 36.6 Å². The molecule has 94 valence electrons. The molecule has 0 amide bonds. The molecule has 0 atom stereocenters. The Morgan fingerprint density at radius 1 is 0.889 bits per heavy atom. The number of benzene rings is 2. The van der Waals surface area contributed by atoms with E-state index in [1.54, 1.807) is 7.11 Å². The van der Waals surface area contributed by atoms with Gasteiger partial charge in [0, 0.05) is 12.7 Å². The van der Waals surface area contributed by atoms with E-state index in [9.17, 15) is 0 Å². The molecule has 0 saturated carbocycles. The Balaban J connectivity index is 2.50. The molecule has 0 unspecified atom stereocenters. The summed E-state index contributed by atoms with van der Waals surface area (Å²) in [6, 6.07) is 14.4. The van der Waals surface area contributed by atoms with Crippen LogP contribution in [0.3, 0.4) is 0 Å². The van der Waals surface area contributed by atoms with Crippen molar-refractivity contribution >= 4 is 0 Å². The maximum Gasteiger partial charge on any atom is 0.188 e. The van der Waals surface area contributed by atoms with Gasteiger partial charge in [-0.25, -0.2) is 0 Å². The third kappa shape index (κ3) is 2.54. The molecular weight excluding hydrogens is 224 g/mol. The smallest absolute Gasteiger partial charge is 0.188 e. The quantitative estimate of drug-likeness (QED) is 0.756. The van der Waals surface area contributed by atoms with Gasteiger partial charge in [0.15, 0.2) is 6.79 Å². The Kier molecular flexibility index (Phi) is 4.00. The minimum atomic E-state index is 0.266. The van der Waals surface area contributed by atoms with Crippen LogP contribution in [0.25, 0.3) is 11.1 Å². The Hall–Kier alpha value is -1.80. The topological polar surface area (TPSA) is 18.5 Å². The molecule has 2 rings (SSSR count). The number of ether oxygens (including phenoxy) is 2. The van der Waals surface area contributed by atoms with E-state index in [0.717, 1.165) is 11.3 Å². The summed E-state index contributed by atoms with van der Waals surface area (Å²) in [4.78, 5) is 0. The minimum Gasteiger partial charge on any atom is -0.467 e. The first-order chi connectivity index (χ1) is 8.74. The monoisotopic (exact) mass is 242 g/mol. The molecule has 0 fully saturated rings. The van der Waals surface area contributed by atoms with Gasteiger partial charge in [0.1, 0.15) is 5.75 Å². The maximum atomic E-state index is 5.63. The van der Waals surface area contributed by atoms with Crippen molar-refractivity contribution in [2.24, 2.45) is 0 Å². The van der Waals surface area contributed by atoms with Crippen LogP contribution < -0.4 is 4.74 Å². The van der Waals surface area contributed by atoms with E-state index < -0.39 is 0 Å². The first-order valence-electron chi connectivity index (χ1n) is 6.01. The summed E-state index contributed by atoms with van der Waals surface area (Å²) in [6.07, 6.45) is 0. The van der Waals surface area contributed by atoms with Gasteiger partial charge in [-0.1, -0.05) is 36.4 Å². The molecule has 0 aliphatic carbocycles. The number of hydrogen-bond donors (Lipinski definition) is 0. The molecule has 2 nitrogen and oxygen atoms in total. The number of aryl methyl sites for hydroxylation is 2. The van der Waals surface area contributed by atoms with Gasteiger partial charge >= 0.3 is 0 Å². The van der Waals surface area contributed by atoms with Gasteiger partial charge in [-0.2, -0.15) is 0 Å². The van der Waals surface area contributed by atoms with Crippen molar-refractivity contribution in [2.75, 3.05) is 13.9 Å². The molecule has 2 heteroatoms.